The van der Waals surface area contributed by atoms with Gasteiger partial charge in [0.2, 0.25) is 0 Å². The molecule has 0 fully saturated rings. The van der Waals surface area contributed by atoms with E-state index < -0.39 is 0 Å². The van der Waals surface area contributed by atoms with Crippen molar-refractivity contribution in [2.45, 2.75) is 38.5 Å². The first-order valence-corrected chi connectivity index (χ1v) is 4.90. The molecule has 3 heteroatoms. The molecule has 0 spiro atoms. The largest absolute Gasteiger partial charge is 0.371 e. The topological polar surface area (TPSA) is 40.7 Å². The van der Waals surface area contributed by atoms with E-state index in [-0.39, 0.29) is 5.41 Å². The number of hydrogen-bond donors (Lipinski definition) is 2. The number of hydrogen-bond acceptors (Lipinski definition) is 2. The highest BCUT2D eigenvalue weighted by Gasteiger charge is 2.30. The second-order valence-electron chi connectivity index (χ2n) is 4.41. The Bertz CT molecular complexity index is 312. The van der Waals surface area contributed by atoms with E-state index in [1.807, 2.05) is 7.05 Å². The summed E-state index contributed by atoms with van der Waals surface area (Å²) in [6, 6.07) is 0. The molecule has 0 aliphatic heterocycles. The molecule has 2 N–H and O–H groups in total. The molecule has 0 bridgehead atoms. The summed E-state index contributed by atoms with van der Waals surface area (Å²) in [7, 11) is 1.93. The second-order valence-corrected chi connectivity index (χ2v) is 4.41. The van der Waals surface area contributed by atoms with Crippen molar-refractivity contribution in [3.63, 3.8) is 0 Å². The van der Waals surface area contributed by atoms with Crippen LogP contribution < -0.4 is 5.32 Å². The van der Waals surface area contributed by atoms with Crippen LogP contribution in [0.15, 0.2) is 0 Å². The Balaban J connectivity index is 2.48. The van der Waals surface area contributed by atoms with Crippen molar-refractivity contribution in [3.05, 3.63) is 11.3 Å². The summed E-state index contributed by atoms with van der Waals surface area (Å²) in [5, 5.41) is 10.6. The lowest BCUT2D eigenvalue weighted by Crippen LogP contribution is -2.23. The van der Waals surface area contributed by atoms with Crippen LogP contribution in [-0.2, 0) is 11.8 Å². The number of nitrogens with zero attached hydrogens (tertiary/aromatic N) is 1. The van der Waals surface area contributed by atoms with Gasteiger partial charge in [0.1, 0.15) is 0 Å². The standard InChI is InChI=1S/C10H17N3/c1-10(2)6-4-5-7-8(10)12-13-9(7)11-3/h4-6H2,1-3H3,(H2,11,12,13). The lowest BCUT2D eigenvalue weighted by molar-refractivity contribution is 0.420. The predicted molar refractivity (Wildman–Crippen MR) is 54.1 cm³/mol. The fraction of sp³-hybridized carbons (Fsp3) is 0.700. The summed E-state index contributed by atoms with van der Waals surface area (Å²) in [5.41, 5.74) is 2.98. The third kappa shape index (κ3) is 1.23. The van der Waals surface area contributed by atoms with Crippen molar-refractivity contribution in [2.24, 2.45) is 0 Å². The Morgan fingerprint density at radius 2 is 2.23 bits per heavy atom. The van der Waals surface area contributed by atoms with E-state index in [9.17, 15) is 0 Å². The van der Waals surface area contributed by atoms with E-state index in [1.165, 1.54) is 24.1 Å². The fourth-order valence-electron chi connectivity index (χ4n) is 2.21. The first-order chi connectivity index (χ1) is 6.15. The number of anilines is 1. The molecule has 0 aromatic carbocycles. The quantitative estimate of drug-likeness (QED) is 0.693. The van der Waals surface area contributed by atoms with Crippen LogP contribution in [0.5, 0.6) is 0 Å². The minimum Gasteiger partial charge on any atom is -0.371 e. The molecule has 1 aromatic rings. The van der Waals surface area contributed by atoms with Crippen molar-refractivity contribution >= 4 is 5.82 Å². The predicted octanol–water partition coefficient (Wildman–Crippen LogP) is 2.07. The molecular weight excluding hydrogens is 162 g/mol. The van der Waals surface area contributed by atoms with Gasteiger partial charge in [0.05, 0.1) is 0 Å². The molecule has 1 aromatic heterocycles. The minimum absolute atomic E-state index is 0.273. The summed E-state index contributed by atoms with van der Waals surface area (Å²) < 4.78 is 0. The summed E-state index contributed by atoms with van der Waals surface area (Å²) >= 11 is 0. The van der Waals surface area contributed by atoms with Crippen LogP contribution in [-0.4, -0.2) is 17.2 Å². The van der Waals surface area contributed by atoms with Crippen LogP contribution in [0.4, 0.5) is 5.82 Å². The minimum atomic E-state index is 0.273. The van der Waals surface area contributed by atoms with Gasteiger partial charge in [0, 0.05) is 23.7 Å². The summed E-state index contributed by atoms with van der Waals surface area (Å²) in [5.74, 6) is 1.03. The van der Waals surface area contributed by atoms with Crippen LogP contribution in [0.25, 0.3) is 0 Å². The smallest absolute Gasteiger partial charge is 0.151 e. The van der Waals surface area contributed by atoms with Gasteiger partial charge in [0.15, 0.2) is 5.82 Å². The van der Waals surface area contributed by atoms with Gasteiger partial charge in [0.25, 0.3) is 0 Å². The van der Waals surface area contributed by atoms with E-state index in [0.717, 1.165) is 12.2 Å². The molecule has 0 amide bonds. The summed E-state index contributed by atoms with van der Waals surface area (Å²) in [4.78, 5) is 0. The zero-order valence-electron chi connectivity index (χ0n) is 8.57. The maximum Gasteiger partial charge on any atom is 0.151 e. The van der Waals surface area contributed by atoms with Gasteiger partial charge in [-0.05, 0) is 19.3 Å². The van der Waals surface area contributed by atoms with Gasteiger partial charge in [-0.1, -0.05) is 13.8 Å². The lowest BCUT2D eigenvalue weighted by Gasteiger charge is -2.29. The molecule has 2 rings (SSSR count). The Kier molecular flexibility index (Phi) is 1.82. The number of H-pyrrole nitrogens is 1. The normalized spacial score (nSPS) is 19.6. The first kappa shape index (κ1) is 8.60. The van der Waals surface area contributed by atoms with Gasteiger partial charge in [-0.25, -0.2) is 0 Å². The molecule has 0 atom stereocenters. The Morgan fingerprint density at radius 1 is 1.46 bits per heavy atom. The Labute approximate surface area is 78.9 Å². The van der Waals surface area contributed by atoms with E-state index in [4.69, 9.17) is 0 Å². The first-order valence-electron chi connectivity index (χ1n) is 4.90. The molecule has 0 radical (unpaired) electrons. The number of aromatic nitrogens is 2. The Hall–Kier alpha value is -0.990. The monoisotopic (exact) mass is 179 g/mol. The van der Waals surface area contributed by atoms with Crippen LogP contribution in [0.1, 0.15) is 37.9 Å². The highest BCUT2D eigenvalue weighted by molar-refractivity contribution is 5.49. The zero-order chi connectivity index (χ0) is 9.47. The van der Waals surface area contributed by atoms with Gasteiger partial charge in [-0.2, -0.15) is 5.10 Å². The number of rotatable bonds is 1. The molecule has 0 unspecified atom stereocenters. The van der Waals surface area contributed by atoms with E-state index in [0.29, 0.717) is 0 Å². The fourth-order valence-corrected chi connectivity index (χ4v) is 2.21. The second kappa shape index (κ2) is 2.76. The third-order valence-corrected chi connectivity index (χ3v) is 3.01. The SMILES string of the molecule is CNc1n[nH]c2c1CCCC2(C)C. The van der Waals surface area contributed by atoms with Crippen LogP contribution in [0, 0.1) is 0 Å². The molecule has 0 saturated carbocycles. The van der Waals surface area contributed by atoms with Gasteiger partial charge >= 0.3 is 0 Å². The van der Waals surface area contributed by atoms with E-state index in [1.54, 1.807) is 0 Å². The maximum atomic E-state index is 4.28. The van der Waals surface area contributed by atoms with Crippen molar-refractivity contribution in [3.8, 4) is 0 Å². The molecule has 1 heterocycles. The van der Waals surface area contributed by atoms with Crippen LogP contribution in [0.2, 0.25) is 0 Å². The molecule has 0 saturated heterocycles. The lowest BCUT2D eigenvalue weighted by atomic mass is 9.76. The average Bonchev–Trinajstić information content (AvgIpc) is 2.48. The zero-order valence-corrected chi connectivity index (χ0v) is 8.57. The molecule has 3 nitrogen and oxygen atoms in total. The van der Waals surface area contributed by atoms with Crippen LogP contribution >= 0.6 is 0 Å². The maximum absolute atomic E-state index is 4.28. The highest BCUT2D eigenvalue weighted by atomic mass is 15.2. The number of nitrogens with one attached hydrogen (secondary N) is 2. The van der Waals surface area contributed by atoms with Gasteiger partial charge in [-0.15, -0.1) is 0 Å². The van der Waals surface area contributed by atoms with Gasteiger partial charge < -0.3 is 5.32 Å². The number of fused-ring (bicyclic) bond motifs is 1. The Morgan fingerprint density at radius 3 is 2.92 bits per heavy atom. The van der Waals surface area contributed by atoms with Gasteiger partial charge in [-0.3, -0.25) is 5.10 Å². The van der Waals surface area contributed by atoms with E-state index >= 15 is 0 Å². The molecule has 1 aliphatic carbocycles. The molecule has 13 heavy (non-hydrogen) atoms. The summed E-state index contributed by atoms with van der Waals surface area (Å²) in [6.45, 7) is 4.56. The number of aromatic amines is 1. The third-order valence-electron chi connectivity index (χ3n) is 3.01. The molecule has 1 aliphatic rings. The van der Waals surface area contributed by atoms with Crippen molar-refractivity contribution < 1.29 is 0 Å². The van der Waals surface area contributed by atoms with Crippen molar-refractivity contribution in [2.75, 3.05) is 12.4 Å². The molecule has 72 valence electrons. The molecular formula is C10H17N3. The van der Waals surface area contributed by atoms with E-state index in [2.05, 4.69) is 29.4 Å². The van der Waals surface area contributed by atoms with Crippen molar-refractivity contribution in [1.82, 2.24) is 10.2 Å². The average molecular weight is 179 g/mol. The summed E-state index contributed by atoms with van der Waals surface area (Å²) in [6.07, 6.45) is 3.69. The van der Waals surface area contributed by atoms with Crippen LogP contribution in [0.3, 0.4) is 0 Å². The highest BCUT2D eigenvalue weighted by Crippen LogP contribution is 2.37. The van der Waals surface area contributed by atoms with Crippen molar-refractivity contribution in [1.29, 1.82) is 0 Å².